The molecule has 72 valence electrons. The van der Waals surface area contributed by atoms with Gasteiger partial charge in [0.15, 0.2) is 0 Å². The van der Waals surface area contributed by atoms with E-state index in [4.69, 9.17) is 9.63 Å². The lowest BCUT2D eigenvalue weighted by atomic mass is 10.1. The molecule has 0 unspecified atom stereocenters. The van der Waals surface area contributed by atoms with Gasteiger partial charge in [0, 0.05) is 13.1 Å². The summed E-state index contributed by atoms with van der Waals surface area (Å²) in [5, 5.41) is 12.5. The molecule has 1 aromatic rings. The van der Waals surface area contributed by atoms with Gasteiger partial charge in [0.2, 0.25) is 0 Å². The van der Waals surface area contributed by atoms with Gasteiger partial charge in [-0.15, -0.1) is 0 Å². The molecular formula is C8H13N3O2. The van der Waals surface area contributed by atoms with Crippen molar-refractivity contribution in [3.63, 3.8) is 0 Å². The average molecular weight is 183 g/mol. The molecule has 1 saturated heterocycles. The monoisotopic (exact) mass is 183 g/mol. The van der Waals surface area contributed by atoms with Gasteiger partial charge in [-0.25, -0.2) is 0 Å². The molecule has 0 atom stereocenters. The first-order chi connectivity index (χ1) is 6.40. The van der Waals surface area contributed by atoms with Crippen LogP contribution in [-0.2, 0) is 6.61 Å². The number of anilines is 1. The molecule has 5 nitrogen and oxygen atoms in total. The second kappa shape index (κ2) is 3.74. The Morgan fingerprint density at radius 3 is 2.69 bits per heavy atom. The maximum absolute atomic E-state index is 8.73. The number of piperidine rings is 1. The predicted molar refractivity (Wildman–Crippen MR) is 46.3 cm³/mol. The van der Waals surface area contributed by atoms with Crippen molar-refractivity contribution in [2.45, 2.75) is 25.9 Å². The lowest BCUT2D eigenvalue weighted by molar-refractivity contribution is 0.222. The molecule has 0 spiro atoms. The topological polar surface area (TPSA) is 62.4 Å². The molecule has 0 radical (unpaired) electrons. The number of hydrogen-bond acceptors (Lipinski definition) is 5. The Morgan fingerprint density at radius 2 is 2.08 bits per heavy atom. The Morgan fingerprint density at radius 1 is 1.31 bits per heavy atom. The van der Waals surface area contributed by atoms with Gasteiger partial charge in [0.1, 0.15) is 6.61 Å². The van der Waals surface area contributed by atoms with Crippen molar-refractivity contribution >= 4 is 5.95 Å². The number of nitrogens with zero attached hydrogens (tertiary/aromatic N) is 3. The first kappa shape index (κ1) is 8.50. The third kappa shape index (κ3) is 1.80. The van der Waals surface area contributed by atoms with Gasteiger partial charge in [0.05, 0.1) is 0 Å². The van der Waals surface area contributed by atoms with Gasteiger partial charge >= 0.3 is 0 Å². The van der Waals surface area contributed by atoms with Gasteiger partial charge in [-0.3, -0.25) is 0 Å². The van der Waals surface area contributed by atoms with Gasteiger partial charge < -0.3 is 14.5 Å². The molecule has 1 aliphatic heterocycles. The van der Waals surface area contributed by atoms with Crippen molar-refractivity contribution in [3.05, 3.63) is 5.89 Å². The Kier molecular flexibility index (Phi) is 2.44. The van der Waals surface area contributed by atoms with Crippen LogP contribution in [0.2, 0.25) is 0 Å². The van der Waals surface area contributed by atoms with Crippen LogP contribution in [0.3, 0.4) is 0 Å². The smallest absolute Gasteiger partial charge is 0.266 e. The largest absolute Gasteiger partial charge is 0.387 e. The summed E-state index contributed by atoms with van der Waals surface area (Å²) in [6.07, 6.45) is 3.65. The molecule has 0 saturated carbocycles. The minimum atomic E-state index is -0.180. The summed E-state index contributed by atoms with van der Waals surface area (Å²) in [6, 6.07) is 0. The van der Waals surface area contributed by atoms with E-state index in [-0.39, 0.29) is 6.61 Å². The standard InChI is InChI=1S/C8H13N3O2/c12-6-7-9-8(10-13-7)11-4-2-1-3-5-11/h12H,1-6H2. The normalized spacial score (nSPS) is 17.8. The van der Waals surface area contributed by atoms with Crippen LogP contribution in [0.4, 0.5) is 5.95 Å². The van der Waals surface area contributed by atoms with Crippen molar-refractivity contribution in [3.8, 4) is 0 Å². The van der Waals surface area contributed by atoms with Gasteiger partial charge in [-0.05, 0) is 24.4 Å². The maximum Gasteiger partial charge on any atom is 0.266 e. The third-order valence-electron chi connectivity index (χ3n) is 2.23. The molecule has 1 aromatic heterocycles. The molecule has 0 amide bonds. The third-order valence-corrected chi connectivity index (χ3v) is 2.23. The summed E-state index contributed by atoms with van der Waals surface area (Å²) in [7, 11) is 0. The van der Waals surface area contributed by atoms with E-state index < -0.39 is 0 Å². The SMILES string of the molecule is OCc1nc(N2CCCCC2)no1. The minimum Gasteiger partial charge on any atom is -0.387 e. The van der Waals surface area contributed by atoms with Crippen molar-refractivity contribution < 1.29 is 9.63 Å². The van der Waals surface area contributed by atoms with E-state index in [1.807, 2.05) is 0 Å². The van der Waals surface area contributed by atoms with Crippen molar-refractivity contribution in [2.24, 2.45) is 0 Å². The fourth-order valence-electron chi connectivity index (χ4n) is 1.53. The number of rotatable bonds is 2. The zero-order valence-electron chi connectivity index (χ0n) is 7.44. The fraction of sp³-hybridized carbons (Fsp3) is 0.750. The summed E-state index contributed by atoms with van der Waals surface area (Å²) < 4.78 is 4.81. The van der Waals surface area contributed by atoms with E-state index in [0.717, 1.165) is 13.1 Å². The van der Waals surface area contributed by atoms with Gasteiger partial charge in [-0.1, -0.05) is 0 Å². The molecule has 0 aliphatic carbocycles. The molecule has 2 heterocycles. The summed E-state index contributed by atoms with van der Waals surface area (Å²) in [5.41, 5.74) is 0. The number of aromatic nitrogens is 2. The van der Waals surface area contributed by atoms with Crippen molar-refractivity contribution in [2.75, 3.05) is 18.0 Å². The minimum absolute atomic E-state index is 0.180. The summed E-state index contributed by atoms with van der Waals surface area (Å²) >= 11 is 0. The first-order valence-electron chi connectivity index (χ1n) is 4.58. The second-order valence-electron chi connectivity index (χ2n) is 3.19. The molecule has 2 rings (SSSR count). The van der Waals surface area contributed by atoms with E-state index in [2.05, 4.69) is 15.0 Å². The second-order valence-corrected chi connectivity index (χ2v) is 3.19. The molecule has 1 aliphatic rings. The molecule has 13 heavy (non-hydrogen) atoms. The van der Waals surface area contributed by atoms with E-state index in [9.17, 15) is 0 Å². The molecule has 0 bridgehead atoms. The van der Waals surface area contributed by atoms with Gasteiger partial charge in [-0.2, -0.15) is 4.98 Å². The zero-order valence-corrected chi connectivity index (χ0v) is 7.44. The lowest BCUT2D eigenvalue weighted by Gasteiger charge is -2.24. The van der Waals surface area contributed by atoms with E-state index in [1.54, 1.807) is 0 Å². The Labute approximate surface area is 76.4 Å². The number of hydrogen-bond donors (Lipinski definition) is 1. The van der Waals surface area contributed by atoms with Crippen LogP contribution in [0, 0.1) is 0 Å². The number of aliphatic hydroxyl groups excluding tert-OH is 1. The van der Waals surface area contributed by atoms with E-state index >= 15 is 0 Å². The van der Waals surface area contributed by atoms with Crippen LogP contribution in [0.5, 0.6) is 0 Å². The highest BCUT2D eigenvalue weighted by molar-refractivity contribution is 5.27. The summed E-state index contributed by atoms with van der Waals surface area (Å²) in [4.78, 5) is 6.14. The predicted octanol–water partition coefficient (Wildman–Crippen LogP) is 0.552. The zero-order chi connectivity index (χ0) is 9.10. The van der Waals surface area contributed by atoms with E-state index in [1.165, 1.54) is 19.3 Å². The van der Waals surface area contributed by atoms with Crippen LogP contribution in [0.15, 0.2) is 4.52 Å². The first-order valence-corrected chi connectivity index (χ1v) is 4.58. The van der Waals surface area contributed by atoms with Gasteiger partial charge in [0.25, 0.3) is 11.8 Å². The summed E-state index contributed by atoms with van der Waals surface area (Å²) in [5.74, 6) is 0.907. The molecule has 0 aromatic carbocycles. The lowest BCUT2D eigenvalue weighted by Crippen LogP contribution is -2.30. The quantitative estimate of drug-likeness (QED) is 0.725. The summed E-state index contributed by atoms with van der Waals surface area (Å²) in [6.45, 7) is 1.80. The highest BCUT2D eigenvalue weighted by Gasteiger charge is 2.15. The van der Waals surface area contributed by atoms with Crippen LogP contribution in [-0.4, -0.2) is 28.3 Å². The van der Waals surface area contributed by atoms with Crippen LogP contribution < -0.4 is 4.90 Å². The Bertz CT molecular complexity index is 268. The maximum atomic E-state index is 8.73. The van der Waals surface area contributed by atoms with Crippen LogP contribution in [0.1, 0.15) is 25.2 Å². The van der Waals surface area contributed by atoms with Crippen LogP contribution >= 0.6 is 0 Å². The highest BCUT2D eigenvalue weighted by atomic mass is 16.5. The van der Waals surface area contributed by atoms with Crippen molar-refractivity contribution in [1.29, 1.82) is 0 Å². The highest BCUT2D eigenvalue weighted by Crippen LogP contribution is 2.15. The van der Waals surface area contributed by atoms with Crippen LogP contribution in [0.25, 0.3) is 0 Å². The Hall–Kier alpha value is -1.10. The Balaban J connectivity index is 2.05. The molecule has 1 N–H and O–H groups in total. The van der Waals surface area contributed by atoms with E-state index in [0.29, 0.717) is 11.8 Å². The average Bonchev–Trinajstić information content (AvgIpc) is 2.67. The fourth-order valence-corrected chi connectivity index (χ4v) is 1.53. The number of aliphatic hydroxyl groups is 1. The van der Waals surface area contributed by atoms with Crippen molar-refractivity contribution in [1.82, 2.24) is 10.1 Å². The molecular weight excluding hydrogens is 170 g/mol. The molecule has 1 fully saturated rings. The molecule has 5 heteroatoms.